The third kappa shape index (κ3) is 5.25. The van der Waals surface area contributed by atoms with Gasteiger partial charge in [-0.25, -0.2) is 18.4 Å². The molecule has 3 aromatic rings. The molecule has 3 fully saturated rings. The average Bonchev–Trinajstić information content (AvgIpc) is 3.59. The van der Waals surface area contributed by atoms with E-state index in [2.05, 4.69) is 5.32 Å². The molecule has 0 bridgehead atoms. The van der Waals surface area contributed by atoms with Gasteiger partial charge in [-0.05, 0) is 80.3 Å². The number of carboxylic acids is 1. The lowest BCUT2D eigenvalue weighted by molar-refractivity contribution is -0.120. The van der Waals surface area contributed by atoms with Crippen molar-refractivity contribution >= 4 is 40.4 Å². The zero-order valence-corrected chi connectivity index (χ0v) is 24.3. The molecule has 3 atom stereocenters. The monoisotopic (exact) mass is 609 g/mol. The fraction of sp³-hybridized carbons (Fsp3) is 0.419. The average molecular weight is 610 g/mol. The maximum atomic E-state index is 15.6. The molecule has 4 heterocycles. The van der Waals surface area contributed by atoms with Crippen LogP contribution >= 0.6 is 0 Å². The van der Waals surface area contributed by atoms with E-state index in [1.165, 1.54) is 30.0 Å². The molecule has 6 rings (SSSR count). The third-order valence-corrected chi connectivity index (χ3v) is 8.84. The number of aromatic nitrogens is 1. The van der Waals surface area contributed by atoms with Crippen molar-refractivity contribution in [2.24, 2.45) is 11.7 Å². The molecule has 0 spiro atoms. The second-order valence-electron chi connectivity index (χ2n) is 11.9. The number of fused-ring (bicyclic) bond motifs is 1. The number of amides is 1. The minimum absolute atomic E-state index is 0.0337. The second kappa shape index (κ2) is 11.2. The summed E-state index contributed by atoms with van der Waals surface area (Å²) in [6.45, 7) is 4.57. The topological polar surface area (TPSA) is 147 Å². The second-order valence-corrected chi connectivity index (χ2v) is 11.9. The summed E-state index contributed by atoms with van der Waals surface area (Å²) in [5, 5.41) is 12.7. The Hall–Kier alpha value is -4.52. The fourth-order valence-electron chi connectivity index (χ4n) is 6.31. The Morgan fingerprint density at radius 1 is 1.14 bits per heavy atom. The van der Waals surface area contributed by atoms with Gasteiger partial charge in [0, 0.05) is 19.6 Å². The summed E-state index contributed by atoms with van der Waals surface area (Å²) in [5.74, 6) is -2.63. The summed E-state index contributed by atoms with van der Waals surface area (Å²) in [6, 6.07) is 4.81. The van der Waals surface area contributed by atoms with Crippen molar-refractivity contribution in [1.29, 1.82) is 0 Å². The number of cyclic esters (lactones) is 1. The number of Topliss-reactive ketones (excluding diaryl/α,β-unsaturated/α-hetero) is 1. The van der Waals surface area contributed by atoms with Crippen LogP contribution in [0.25, 0.3) is 5.52 Å². The minimum atomic E-state index is -1.34. The molecule has 2 aromatic heterocycles. The van der Waals surface area contributed by atoms with Gasteiger partial charge in [0.1, 0.15) is 29.3 Å². The van der Waals surface area contributed by atoms with Crippen molar-refractivity contribution in [2.45, 2.75) is 51.2 Å². The van der Waals surface area contributed by atoms with Gasteiger partial charge < -0.3 is 25.8 Å². The van der Waals surface area contributed by atoms with Crippen LogP contribution in [0.3, 0.4) is 0 Å². The van der Waals surface area contributed by atoms with Crippen LogP contribution in [-0.4, -0.2) is 65.7 Å². The number of aryl methyl sites for hydroxylation is 1. The van der Waals surface area contributed by atoms with Gasteiger partial charge in [-0.15, -0.1) is 0 Å². The molecule has 0 radical (unpaired) electrons. The van der Waals surface area contributed by atoms with Crippen LogP contribution in [0.15, 0.2) is 35.3 Å². The molecular formula is C31H33F2N5O6. The Morgan fingerprint density at radius 2 is 1.89 bits per heavy atom. The molecular weight excluding hydrogens is 576 g/mol. The number of pyridine rings is 2. The van der Waals surface area contributed by atoms with E-state index in [4.69, 9.17) is 10.5 Å². The maximum Gasteiger partial charge on any atom is 0.414 e. The first-order valence-corrected chi connectivity index (χ1v) is 14.6. The van der Waals surface area contributed by atoms with E-state index >= 15 is 8.78 Å². The lowest BCUT2D eigenvalue weighted by Gasteiger charge is -2.24. The van der Waals surface area contributed by atoms with E-state index in [1.807, 2.05) is 4.90 Å². The standard InChI is InChI=1S/C31H33F2N5O6/c1-15-27-20(18-3-4-18)10-21(30(41)42)29(40)38(27)13-23(33)28(15)36-8-7-17(12-36)11-35-24-6-5-19(9-22(24)32)37-14-25(44-31(37)43)26(34)16(2)39/h5-6,9-10,13,17-18,25-26,35H,3-4,7-8,11-12,14,34H2,1-2H3,(H,41,42)/t17?,25-,26?/m0/s1. The summed E-state index contributed by atoms with van der Waals surface area (Å²) in [6.07, 6.45) is 2.05. The summed E-state index contributed by atoms with van der Waals surface area (Å²) >= 11 is 0. The van der Waals surface area contributed by atoms with Crippen molar-refractivity contribution in [3.8, 4) is 0 Å². The van der Waals surface area contributed by atoms with Crippen molar-refractivity contribution < 1.29 is 33.0 Å². The molecule has 44 heavy (non-hydrogen) atoms. The number of ketones is 1. The van der Waals surface area contributed by atoms with Crippen LogP contribution in [0.4, 0.5) is 30.6 Å². The van der Waals surface area contributed by atoms with E-state index in [-0.39, 0.29) is 41.1 Å². The van der Waals surface area contributed by atoms with Crippen LogP contribution < -0.4 is 26.4 Å². The van der Waals surface area contributed by atoms with E-state index in [1.54, 1.807) is 13.0 Å². The first-order valence-electron chi connectivity index (χ1n) is 14.6. The molecule has 11 nitrogen and oxygen atoms in total. The number of nitrogens with zero attached hydrogens (tertiary/aromatic N) is 3. The molecule has 2 saturated heterocycles. The van der Waals surface area contributed by atoms with Crippen molar-refractivity contribution in [2.75, 3.05) is 41.3 Å². The van der Waals surface area contributed by atoms with Gasteiger partial charge in [0.15, 0.2) is 5.82 Å². The number of carbonyl (C=O) groups is 3. The first kappa shape index (κ1) is 29.5. The smallest absolute Gasteiger partial charge is 0.414 e. The number of halogens is 2. The third-order valence-electron chi connectivity index (χ3n) is 8.84. The van der Waals surface area contributed by atoms with Crippen molar-refractivity contribution in [3.63, 3.8) is 0 Å². The molecule has 1 saturated carbocycles. The summed E-state index contributed by atoms with van der Waals surface area (Å²) < 4.78 is 36.9. The zero-order chi connectivity index (χ0) is 31.4. The fourth-order valence-corrected chi connectivity index (χ4v) is 6.31. The van der Waals surface area contributed by atoms with Gasteiger partial charge in [0.2, 0.25) is 0 Å². The number of nitrogens with two attached hydrogens (primary N) is 1. The molecule has 232 valence electrons. The number of hydrogen-bond donors (Lipinski definition) is 3. The number of hydrogen-bond acceptors (Lipinski definition) is 8. The molecule has 3 aliphatic rings. The lowest BCUT2D eigenvalue weighted by Crippen LogP contribution is -2.43. The largest absolute Gasteiger partial charge is 0.477 e. The molecule has 4 N–H and O–H groups in total. The Bertz CT molecular complexity index is 1760. The first-order chi connectivity index (χ1) is 20.9. The number of rotatable bonds is 9. The maximum absolute atomic E-state index is 15.6. The lowest BCUT2D eigenvalue weighted by atomic mass is 10.0. The van der Waals surface area contributed by atoms with E-state index in [0.29, 0.717) is 42.8 Å². The highest BCUT2D eigenvalue weighted by atomic mass is 19.1. The van der Waals surface area contributed by atoms with E-state index in [9.17, 15) is 24.3 Å². The van der Waals surface area contributed by atoms with Gasteiger partial charge in [-0.2, -0.15) is 0 Å². The predicted octanol–water partition coefficient (Wildman–Crippen LogP) is 3.64. The Kier molecular flexibility index (Phi) is 7.52. The van der Waals surface area contributed by atoms with E-state index < -0.39 is 41.4 Å². The van der Waals surface area contributed by atoms with Gasteiger partial charge in [-0.1, -0.05) is 0 Å². The van der Waals surface area contributed by atoms with Gasteiger partial charge in [0.25, 0.3) is 5.56 Å². The van der Waals surface area contributed by atoms with Crippen LogP contribution in [0.5, 0.6) is 0 Å². The summed E-state index contributed by atoms with van der Waals surface area (Å²) in [4.78, 5) is 51.6. The number of ether oxygens (including phenoxy) is 1. The van der Waals surface area contributed by atoms with E-state index in [0.717, 1.165) is 29.0 Å². The summed E-state index contributed by atoms with van der Waals surface area (Å²) in [7, 11) is 0. The summed E-state index contributed by atoms with van der Waals surface area (Å²) in [5.41, 5.74) is 7.48. The predicted molar refractivity (Wildman–Crippen MR) is 159 cm³/mol. The van der Waals surface area contributed by atoms with Crippen LogP contribution in [-0.2, 0) is 9.53 Å². The number of aromatic carboxylic acids is 1. The highest BCUT2D eigenvalue weighted by Crippen LogP contribution is 2.44. The quantitative estimate of drug-likeness (QED) is 0.331. The minimum Gasteiger partial charge on any atom is -0.477 e. The Labute approximate surface area is 251 Å². The number of benzene rings is 1. The molecule has 13 heteroatoms. The molecule has 2 unspecified atom stereocenters. The van der Waals surface area contributed by atoms with Crippen molar-refractivity contribution in [3.05, 3.63) is 69.1 Å². The molecule has 1 aromatic carbocycles. The van der Waals surface area contributed by atoms with Crippen LogP contribution in [0.1, 0.15) is 53.6 Å². The van der Waals surface area contributed by atoms with Gasteiger partial charge in [0.05, 0.1) is 35.3 Å². The van der Waals surface area contributed by atoms with Gasteiger partial charge >= 0.3 is 12.1 Å². The Morgan fingerprint density at radius 3 is 2.55 bits per heavy atom. The zero-order valence-electron chi connectivity index (χ0n) is 24.3. The highest BCUT2D eigenvalue weighted by molar-refractivity contribution is 5.92. The number of carboxylic acid groups (broad SMARTS) is 1. The molecule has 1 aliphatic carbocycles. The number of nitrogens with one attached hydrogen (secondary N) is 1. The number of anilines is 3. The normalized spacial score (nSPS) is 20.7. The number of carbonyl (C=O) groups excluding carboxylic acids is 2. The highest BCUT2D eigenvalue weighted by Gasteiger charge is 2.38. The molecule has 2 aliphatic heterocycles. The Balaban J connectivity index is 1.16. The SMILES string of the molecule is CC(=O)C(N)[C@@H]1CN(c2ccc(NCC3CCN(c4c(F)cn5c(=O)c(C(=O)O)cc(C6CC6)c5c4C)C3)c(F)c2)C(=O)O1. The van der Waals surface area contributed by atoms with Gasteiger partial charge in [-0.3, -0.25) is 18.9 Å². The van der Waals surface area contributed by atoms with Crippen molar-refractivity contribution in [1.82, 2.24) is 4.40 Å². The van der Waals surface area contributed by atoms with Crippen LogP contribution in [0.2, 0.25) is 0 Å². The van der Waals surface area contributed by atoms with Crippen LogP contribution in [0, 0.1) is 24.5 Å². The molecule has 1 amide bonds.